The van der Waals surface area contributed by atoms with Gasteiger partial charge in [-0.2, -0.15) is 0 Å². The fourth-order valence-electron chi connectivity index (χ4n) is 2.19. The first-order chi connectivity index (χ1) is 11.8. The van der Waals surface area contributed by atoms with Gasteiger partial charge in [-0.25, -0.2) is 8.42 Å². The third-order valence-corrected chi connectivity index (χ3v) is 3.68. The van der Waals surface area contributed by atoms with Gasteiger partial charge in [0, 0.05) is 5.10 Å². The van der Waals surface area contributed by atoms with Crippen molar-refractivity contribution in [3.8, 4) is 22.8 Å². The Morgan fingerprint density at radius 3 is 1.92 bits per heavy atom. The van der Waals surface area contributed by atoms with Crippen LogP contribution in [0.3, 0.4) is 0 Å². The second-order valence-electron chi connectivity index (χ2n) is 4.95. The minimum Gasteiger partial charge on any atom is -0.726 e. The monoisotopic (exact) mass is 362 g/mol. The van der Waals surface area contributed by atoms with Crippen molar-refractivity contribution in [3.63, 3.8) is 0 Å². The van der Waals surface area contributed by atoms with Crippen LogP contribution in [0.5, 0.6) is 0 Å². The van der Waals surface area contributed by atoms with E-state index in [1.54, 1.807) is 9.36 Å². The maximum absolute atomic E-state index is 9.22. The van der Waals surface area contributed by atoms with Crippen molar-refractivity contribution in [2.75, 3.05) is 13.0 Å². The van der Waals surface area contributed by atoms with Crippen LogP contribution in [0.4, 0.5) is 0 Å². The molecule has 3 rings (SSSR count). The van der Waals surface area contributed by atoms with E-state index in [0.717, 1.165) is 29.9 Å². The van der Waals surface area contributed by atoms with Gasteiger partial charge >= 0.3 is 5.82 Å². The molecule has 0 aliphatic rings. The second kappa shape index (κ2) is 7.88. The molecule has 1 aromatic heterocycles. The topological polar surface area (TPSA) is 114 Å². The van der Waals surface area contributed by atoms with Crippen molar-refractivity contribution < 1.29 is 21.8 Å². The summed E-state index contributed by atoms with van der Waals surface area (Å²) in [5.74, 6) is 7.83. The van der Waals surface area contributed by atoms with Crippen LogP contribution in [0.15, 0.2) is 60.7 Å². The molecule has 0 radical (unpaired) electrons. The molecular formula is C16H18N4O4S. The van der Waals surface area contributed by atoms with Crippen molar-refractivity contribution >= 4 is 10.4 Å². The van der Waals surface area contributed by atoms with Gasteiger partial charge in [0.1, 0.15) is 0 Å². The lowest BCUT2D eigenvalue weighted by Gasteiger charge is -1.98. The lowest BCUT2D eigenvalue weighted by molar-refractivity contribution is -0.616. The number of hydrogen-bond acceptors (Lipinski definition) is 6. The fraction of sp³-hybridized carbons (Fsp3) is 0.125. The van der Waals surface area contributed by atoms with E-state index in [0.29, 0.717) is 0 Å². The molecule has 0 spiro atoms. The Bertz CT molecular complexity index is 926. The molecule has 0 atom stereocenters. The number of nitrogens with two attached hydrogens (primary N) is 1. The smallest absolute Gasteiger partial charge is 0.330 e. The predicted octanol–water partition coefficient (Wildman–Crippen LogP) is 0.848. The molecule has 0 saturated heterocycles. The average Bonchev–Trinajstić information content (AvgIpc) is 2.91. The Morgan fingerprint density at radius 2 is 1.48 bits per heavy atom. The van der Waals surface area contributed by atoms with Gasteiger partial charge in [0.05, 0.1) is 25.3 Å². The normalized spacial score (nSPS) is 10.8. The van der Waals surface area contributed by atoms with E-state index < -0.39 is 10.4 Å². The van der Waals surface area contributed by atoms with Crippen LogP contribution < -0.4 is 10.5 Å². The minimum atomic E-state index is -4.41. The zero-order valence-electron chi connectivity index (χ0n) is 13.7. The first-order valence-corrected chi connectivity index (χ1v) is 8.53. The van der Waals surface area contributed by atoms with Crippen LogP contribution in [0.25, 0.3) is 22.8 Å². The molecule has 0 aliphatic heterocycles. The Kier molecular flexibility index (Phi) is 5.86. The Morgan fingerprint density at radius 1 is 1.04 bits per heavy atom. The minimum absolute atomic E-state index is 0.752. The molecule has 0 amide bonds. The molecule has 2 N–H and O–H groups in total. The van der Waals surface area contributed by atoms with Gasteiger partial charge in [0.2, 0.25) is 10.4 Å². The van der Waals surface area contributed by atoms with Gasteiger partial charge in [-0.1, -0.05) is 36.4 Å². The highest BCUT2D eigenvalue weighted by Crippen LogP contribution is 2.18. The van der Waals surface area contributed by atoms with Crippen molar-refractivity contribution in [2.45, 2.75) is 0 Å². The standard InChI is InChI=1S/C15H15N4.CH4O4S/c1-18-15(13-10-6-3-7-11-13)19(16)14(17-18)12-8-4-2-5-9-12;1-5-6(2,3)4/h2-11H,16H2,1H3;1H3,(H,2,3,4)/q+1;/p-1. The molecule has 0 aliphatic carbocycles. The van der Waals surface area contributed by atoms with E-state index in [2.05, 4.69) is 9.28 Å². The number of nitrogen functional groups attached to an aromatic ring is 1. The number of nitrogens with zero attached hydrogens (tertiary/aromatic N) is 3. The molecule has 0 fully saturated rings. The van der Waals surface area contributed by atoms with Gasteiger partial charge in [0.25, 0.3) is 5.82 Å². The van der Waals surface area contributed by atoms with Crippen LogP contribution >= 0.6 is 0 Å². The zero-order valence-corrected chi connectivity index (χ0v) is 14.6. The molecule has 8 nitrogen and oxygen atoms in total. The summed E-state index contributed by atoms with van der Waals surface area (Å²) in [5, 5.41) is 4.51. The highest BCUT2D eigenvalue weighted by Gasteiger charge is 2.24. The summed E-state index contributed by atoms with van der Waals surface area (Å²) < 4.78 is 34.5. The van der Waals surface area contributed by atoms with Gasteiger partial charge in [-0.05, 0) is 24.3 Å². The van der Waals surface area contributed by atoms with Crippen molar-refractivity contribution in [3.05, 3.63) is 60.7 Å². The fourth-order valence-corrected chi connectivity index (χ4v) is 2.19. The van der Waals surface area contributed by atoms with Gasteiger partial charge in [-0.3, -0.25) is 10.0 Å². The second-order valence-corrected chi connectivity index (χ2v) is 6.10. The maximum Gasteiger partial charge on any atom is 0.330 e. The number of rotatable bonds is 3. The summed E-state index contributed by atoms with van der Waals surface area (Å²) in [6.45, 7) is 0. The third kappa shape index (κ3) is 4.86. The number of benzene rings is 2. The van der Waals surface area contributed by atoms with Crippen LogP contribution in [0, 0.1) is 0 Å². The summed E-state index contributed by atoms with van der Waals surface area (Å²) in [6, 6.07) is 19.9. The molecule has 0 bridgehead atoms. The van der Waals surface area contributed by atoms with Gasteiger partial charge in [0.15, 0.2) is 0 Å². The average molecular weight is 362 g/mol. The summed E-state index contributed by atoms with van der Waals surface area (Å²) >= 11 is 0. The van der Waals surface area contributed by atoms with Crippen molar-refractivity contribution in [2.24, 2.45) is 7.05 Å². The van der Waals surface area contributed by atoms with Gasteiger partial charge in [-0.15, -0.1) is 9.36 Å². The molecule has 9 heteroatoms. The van der Waals surface area contributed by atoms with E-state index in [9.17, 15) is 13.0 Å². The quantitative estimate of drug-likeness (QED) is 0.320. The SMILES string of the molecule is COS(=O)(=O)[O-].Cn1nc(-c2ccccc2)[n+](N)c1-c1ccccc1. The summed E-state index contributed by atoms with van der Waals surface area (Å²) in [6.07, 6.45) is 0. The molecule has 2 aromatic carbocycles. The predicted molar refractivity (Wildman–Crippen MR) is 91.1 cm³/mol. The van der Waals surface area contributed by atoms with E-state index >= 15 is 0 Å². The number of aromatic nitrogens is 3. The zero-order chi connectivity index (χ0) is 18.4. The van der Waals surface area contributed by atoms with Crippen LogP contribution in [0.1, 0.15) is 0 Å². The van der Waals surface area contributed by atoms with E-state index in [4.69, 9.17) is 5.84 Å². The molecule has 25 heavy (non-hydrogen) atoms. The first-order valence-electron chi connectivity index (χ1n) is 7.20. The third-order valence-electron chi connectivity index (χ3n) is 3.28. The number of aryl methyl sites for hydroxylation is 1. The first kappa shape index (κ1) is 18.6. The Hall–Kier alpha value is -2.75. The molecule has 1 heterocycles. The Labute approximate surface area is 146 Å². The van der Waals surface area contributed by atoms with E-state index in [1.165, 1.54) is 0 Å². The number of hydrogen-bond donors (Lipinski definition) is 1. The Balaban J connectivity index is 0.000000326. The molecule has 132 valence electrons. The largest absolute Gasteiger partial charge is 0.726 e. The van der Waals surface area contributed by atoms with Crippen LogP contribution in [-0.2, 0) is 21.6 Å². The van der Waals surface area contributed by atoms with Gasteiger partial charge < -0.3 is 4.55 Å². The van der Waals surface area contributed by atoms with Crippen molar-refractivity contribution in [1.29, 1.82) is 0 Å². The van der Waals surface area contributed by atoms with E-state index in [-0.39, 0.29) is 0 Å². The van der Waals surface area contributed by atoms with Crippen LogP contribution in [0.2, 0.25) is 0 Å². The van der Waals surface area contributed by atoms with Crippen LogP contribution in [-0.4, -0.2) is 29.9 Å². The molecular weight excluding hydrogens is 344 g/mol. The summed E-state index contributed by atoms with van der Waals surface area (Å²) in [7, 11) is -1.70. The molecule has 0 saturated carbocycles. The van der Waals surface area contributed by atoms with E-state index in [1.807, 2.05) is 67.7 Å². The lowest BCUT2D eigenvalue weighted by Crippen LogP contribution is -2.47. The maximum atomic E-state index is 9.22. The highest BCUT2D eigenvalue weighted by atomic mass is 32.3. The molecule has 0 unspecified atom stereocenters. The highest BCUT2D eigenvalue weighted by molar-refractivity contribution is 7.80. The molecule has 3 aromatic rings. The summed E-state index contributed by atoms with van der Waals surface area (Å²) in [4.78, 5) is 0. The lowest BCUT2D eigenvalue weighted by atomic mass is 10.2. The van der Waals surface area contributed by atoms with Crippen molar-refractivity contribution in [1.82, 2.24) is 9.78 Å². The summed E-state index contributed by atoms with van der Waals surface area (Å²) in [5.41, 5.74) is 2.05.